The molecule has 0 saturated carbocycles. The molecule has 0 aliphatic carbocycles. The van der Waals surface area contributed by atoms with Gasteiger partial charge in [0.15, 0.2) is 0 Å². The number of aryl methyl sites for hydroxylation is 2. The summed E-state index contributed by atoms with van der Waals surface area (Å²) in [5.74, 6) is 2.01. The molecule has 0 N–H and O–H groups in total. The number of benzene rings is 2. The smallest absolute Gasteiger partial charge is 0.255 e. The van der Waals surface area contributed by atoms with Crippen LogP contribution in [0.15, 0.2) is 51.5 Å². The lowest BCUT2D eigenvalue weighted by atomic mass is 10.1. The van der Waals surface area contributed by atoms with Gasteiger partial charge < -0.3 is 14.2 Å². The zero-order valence-corrected chi connectivity index (χ0v) is 20.0. The third-order valence-electron chi connectivity index (χ3n) is 5.71. The lowest BCUT2D eigenvalue weighted by Crippen LogP contribution is -2.49. The predicted octanol–water partition coefficient (Wildman–Crippen LogP) is 4.21. The van der Waals surface area contributed by atoms with Crippen LogP contribution < -0.4 is 4.74 Å². The van der Waals surface area contributed by atoms with Crippen molar-refractivity contribution in [3.05, 3.63) is 64.0 Å². The molecule has 1 fully saturated rings. The molecule has 1 saturated heterocycles. The van der Waals surface area contributed by atoms with E-state index in [1.807, 2.05) is 41.3 Å². The summed E-state index contributed by atoms with van der Waals surface area (Å²) in [6.07, 6.45) is 1.68. The first-order chi connectivity index (χ1) is 15.5. The molecule has 168 valence electrons. The molecule has 0 bridgehead atoms. The predicted molar refractivity (Wildman–Crippen MR) is 126 cm³/mol. The number of aromatic nitrogens is 2. The average Bonchev–Trinajstić information content (AvgIpc) is 3.29. The van der Waals surface area contributed by atoms with Crippen LogP contribution in [0.3, 0.4) is 0 Å². The van der Waals surface area contributed by atoms with Gasteiger partial charge in [0.25, 0.3) is 5.91 Å². The number of nitrogens with zero attached hydrogens (tertiary/aromatic N) is 4. The van der Waals surface area contributed by atoms with Gasteiger partial charge in [-0.3, -0.25) is 9.69 Å². The van der Waals surface area contributed by atoms with Crippen LogP contribution in [0.5, 0.6) is 5.75 Å². The number of methoxy groups -OCH3 is 1. The Hall–Kier alpha value is -2.71. The number of amides is 1. The molecule has 0 spiro atoms. The van der Waals surface area contributed by atoms with Crippen LogP contribution in [-0.4, -0.2) is 65.7 Å². The summed E-state index contributed by atoms with van der Waals surface area (Å²) in [7, 11) is 1.61. The molecule has 1 aliphatic heterocycles. The van der Waals surface area contributed by atoms with Gasteiger partial charge in [0, 0.05) is 42.6 Å². The Morgan fingerprint density at radius 2 is 1.88 bits per heavy atom. The van der Waals surface area contributed by atoms with E-state index in [4.69, 9.17) is 9.26 Å². The van der Waals surface area contributed by atoms with E-state index in [2.05, 4.69) is 37.9 Å². The summed E-state index contributed by atoms with van der Waals surface area (Å²) in [4.78, 5) is 21.7. The fourth-order valence-corrected chi connectivity index (χ4v) is 4.19. The lowest BCUT2D eigenvalue weighted by molar-refractivity contribution is 0.0634. The molecule has 0 unspecified atom stereocenters. The van der Waals surface area contributed by atoms with Gasteiger partial charge in [-0.05, 0) is 54.0 Å². The topological polar surface area (TPSA) is 71.7 Å². The number of hydrogen-bond acceptors (Lipinski definition) is 6. The van der Waals surface area contributed by atoms with Crippen molar-refractivity contribution in [3.8, 4) is 17.1 Å². The van der Waals surface area contributed by atoms with Gasteiger partial charge in [0.2, 0.25) is 11.7 Å². The van der Waals surface area contributed by atoms with Crippen molar-refractivity contribution in [3.63, 3.8) is 0 Å². The maximum absolute atomic E-state index is 12.9. The molecule has 0 atom stereocenters. The third kappa shape index (κ3) is 5.37. The van der Waals surface area contributed by atoms with E-state index in [0.717, 1.165) is 42.5 Å². The SMILES string of the molecule is COc1ccc(Br)c(C(=O)N2CCN(CCCc3nc(-c4ccc(C)cc4)no3)CC2)c1. The van der Waals surface area contributed by atoms with E-state index < -0.39 is 0 Å². The monoisotopic (exact) mass is 498 g/mol. The fourth-order valence-electron chi connectivity index (χ4n) is 3.77. The highest BCUT2D eigenvalue weighted by molar-refractivity contribution is 9.10. The molecule has 7 nitrogen and oxygen atoms in total. The number of carbonyl (C=O) groups is 1. The van der Waals surface area contributed by atoms with Crippen LogP contribution in [0.4, 0.5) is 0 Å². The van der Waals surface area contributed by atoms with Crippen molar-refractivity contribution in [1.29, 1.82) is 0 Å². The molecule has 1 aromatic heterocycles. The Bertz CT molecular complexity index is 1060. The van der Waals surface area contributed by atoms with Crippen molar-refractivity contribution in [2.24, 2.45) is 0 Å². The molecule has 1 amide bonds. The highest BCUT2D eigenvalue weighted by atomic mass is 79.9. The number of rotatable bonds is 7. The van der Waals surface area contributed by atoms with E-state index in [1.54, 1.807) is 13.2 Å². The number of halogens is 1. The Morgan fingerprint density at radius 3 is 2.59 bits per heavy atom. The molecule has 1 aliphatic rings. The summed E-state index contributed by atoms with van der Waals surface area (Å²) >= 11 is 3.48. The molecule has 2 aromatic carbocycles. The summed E-state index contributed by atoms with van der Waals surface area (Å²) in [6.45, 7) is 6.12. The summed E-state index contributed by atoms with van der Waals surface area (Å²) in [6, 6.07) is 13.6. The zero-order chi connectivity index (χ0) is 22.5. The molecule has 2 heterocycles. The van der Waals surface area contributed by atoms with Gasteiger partial charge in [0.1, 0.15) is 5.75 Å². The highest BCUT2D eigenvalue weighted by Gasteiger charge is 2.24. The van der Waals surface area contributed by atoms with Gasteiger partial charge in [-0.1, -0.05) is 35.0 Å². The maximum Gasteiger partial charge on any atom is 0.255 e. The lowest BCUT2D eigenvalue weighted by Gasteiger charge is -2.34. The highest BCUT2D eigenvalue weighted by Crippen LogP contribution is 2.24. The van der Waals surface area contributed by atoms with Gasteiger partial charge in [-0.25, -0.2) is 0 Å². The first kappa shape index (κ1) is 22.5. The fraction of sp³-hybridized carbons (Fsp3) is 0.375. The van der Waals surface area contributed by atoms with E-state index in [0.29, 0.717) is 36.1 Å². The molecular formula is C24H27BrN4O3. The average molecular weight is 499 g/mol. The minimum absolute atomic E-state index is 0.0323. The van der Waals surface area contributed by atoms with Gasteiger partial charge in [0.05, 0.1) is 12.7 Å². The summed E-state index contributed by atoms with van der Waals surface area (Å²) in [5.41, 5.74) is 2.81. The van der Waals surface area contributed by atoms with Gasteiger partial charge >= 0.3 is 0 Å². The maximum atomic E-state index is 12.9. The Labute approximate surface area is 196 Å². The first-order valence-electron chi connectivity index (χ1n) is 10.8. The minimum Gasteiger partial charge on any atom is -0.497 e. The van der Waals surface area contributed by atoms with Gasteiger partial charge in [-0.15, -0.1) is 0 Å². The second-order valence-electron chi connectivity index (χ2n) is 7.96. The minimum atomic E-state index is 0.0323. The molecule has 0 radical (unpaired) electrons. The number of ether oxygens (including phenoxy) is 1. The van der Waals surface area contributed by atoms with Crippen molar-refractivity contribution >= 4 is 21.8 Å². The quantitative estimate of drug-likeness (QED) is 0.485. The third-order valence-corrected chi connectivity index (χ3v) is 6.40. The number of piperazine rings is 1. The number of carbonyl (C=O) groups excluding carboxylic acids is 1. The second-order valence-corrected chi connectivity index (χ2v) is 8.82. The van der Waals surface area contributed by atoms with Crippen LogP contribution >= 0.6 is 15.9 Å². The van der Waals surface area contributed by atoms with Crippen LogP contribution in [0, 0.1) is 6.92 Å². The normalized spacial score (nSPS) is 14.5. The van der Waals surface area contributed by atoms with Crippen LogP contribution in [0.1, 0.15) is 28.2 Å². The second kappa shape index (κ2) is 10.3. The van der Waals surface area contributed by atoms with Gasteiger partial charge in [-0.2, -0.15) is 4.98 Å². The summed E-state index contributed by atoms with van der Waals surface area (Å²) in [5, 5.41) is 4.10. The molecule has 4 rings (SSSR count). The van der Waals surface area contributed by atoms with E-state index >= 15 is 0 Å². The van der Waals surface area contributed by atoms with Crippen molar-refractivity contribution in [2.45, 2.75) is 19.8 Å². The molecule has 32 heavy (non-hydrogen) atoms. The number of hydrogen-bond donors (Lipinski definition) is 0. The Morgan fingerprint density at radius 1 is 1.12 bits per heavy atom. The Balaban J connectivity index is 1.24. The molecule has 8 heteroatoms. The van der Waals surface area contributed by atoms with Crippen molar-refractivity contribution < 1.29 is 14.1 Å². The zero-order valence-electron chi connectivity index (χ0n) is 18.4. The van der Waals surface area contributed by atoms with Crippen LogP contribution in [-0.2, 0) is 6.42 Å². The largest absolute Gasteiger partial charge is 0.497 e. The summed E-state index contributed by atoms with van der Waals surface area (Å²) < 4.78 is 11.5. The Kier molecular flexibility index (Phi) is 7.22. The van der Waals surface area contributed by atoms with Crippen molar-refractivity contribution in [1.82, 2.24) is 19.9 Å². The standard InChI is InChI=1S/C24H27BrN4O3/c1-17-5-7-18(8-6-17)23-26-22(32-27-23)4-3-11-28-12-14-29(15-13-28)24(30)20-16-19(31-2)9-10-21(20)25/h5-10,16H,3-4,11-15H2,1-2H3. The van der Waals surface area contributed by atoms with Crippen LogP contribution in [0.2, 0.25) is 0 Å². The molecular weight excluding hydrogens is 472 g/mol. The van der Waals surface area contributed by atoms with E-state index in [-0.39, 0.29) is 5.91 Å². The van der Waals surface area contributed by atoms with Crippen LogP contribution in [0.25, 0.3) is 11.4 Å². The first-order valence-corrected chi connectivity index (χ1v) is 11.6. The van der Waals surface area contributed by atoms with E-state index in [9.17, 15) is 4.79 Å². The molecule has 3 aromatic rings. The van der Waals surface area contributed by atoms with Crippen molar-refractivity contribution in [2.75, 3.05) is 39.8 Å². The van der Waals surface area contributed by atoms with E-state index in [1.165, 1.54) is 5.56 Å².